The Morgan fingerprint density at radius 1 is 0.968 bits per heavy atom. The van der Waals surface area contributed by atoms with Crippen molar-refractivity contribution in [2.24, 2.45) is 4.99 Å². The molecule has 3 aromatic rings. The number of anilines is 2. The maximum Gasteiger partial charge on any atom is 0.326 e. The van der Waals surface area contributed by atoms with Crippen molar-refractivity contribution in [1.82, 2.24) is 15.3 Å². The van der Waals surface area contributed by atoms with Gasteiger partial charge >= 0.3 is 6.03 Å². The van der Waals surface area contributed by atoms with Gasteiger partial charge in [0.1, 0.15) is 0 Å². The molecule has 0 fully saturated rings. The third-order valence-electron chi connectivity index (χ3n) is 4.87. The van der Waals surface area contributed by atoms with E-state index in [0.29, 0.717) is 22.6 Å². The summed E-state index contributed by atoms with van der Waals surface area (Å²) in [6.07, 6.45) is 1.62. The maximum absolute atomic E-state index is 12.6. The van der Waals surface area contributed by atoms with Gasteiger partial charge < -0.3 is 5.32 Å². The minimum atomic E-state index is -0.437. The average Bonchev–Trinajstić information content (AvgIpc) is 3.09. The van der Waals surface area contributed by atoms with E-state index in [1.54, 1.807) is 24.3 Å². The summed E-state index contributed by atoms with van der Waals surface area (Å²) < 4.78 is 0. The molecule has 158 valence electrons. The molecule has 2 aromatic carbocycles. The average molecular weight is 435 g/mol. The van der Waals surface area contributed by atoms with Gasteiger partial charge in [-0.25, -0.2) is 19.8 Å². The number of halogens is 1. The van der Waals surface area contributed by atoms with Crippen LogP contribution in [0.3, 0.4) is 0 Å². The minimum absolute atomic E-state index is 0.0114. The van der Waals surface area contributed by atoms with E-state index in [-0.39, 0.29) is 6.04 Å². The van der Waals surface area contributed by atoms with Crippen molar-refractivity contribution in [1.29, 1.82) is 0 Å². The maximum atomic E-state index is 12.6. The molecule has 1 aromatic heterocycles. The summed E-state index contributed by atoms with van der Waals surface area (Å²) in [5, 5.41) is 9.17. The SMILES string of the molecule is Cc1cc(C)nc(NC(=NC2Cc3ccccc3C2)NC(=O)Nc2cccc(Cl)c2)n1. The molecule has 0 saturated heterocycles. The zero-order valence-corrected chi connectivity index (χ0v) is 18.1. The molecule has 0 bridgehead atoms. The lowest BCUT2D eigenvalue weighted by molar-refractivity contribution is 0.256. The number of hydrogen-bond acceptors (Lipinski definition) is 4. The monoisotopic (exact) mass is 434 g/mol. The van der Waals surface area contributed by atoms with Crippen molar-refractivity contribution < 1.29 is 4.79 Å². The number of amides is 2. The van der Waals surface area contributed by atoms with E-state index in [0.717, 1.165) is 24.2 Å². The van der Waals surface area contributed by atoms with Crippen molar-refractivity contribution >= 4 is 35.2 Å². The highest BCUT2D eigenvalue weighted by Crippen LogP contribution is 2.24. The second-order valence-electron chi connectivity index (χ2n) is 7.50. The van der Waals surface area contributed by atoms with Gasteiger partial charge in [-0.2, -0.15) is 0 Å². The first kappa shape index (κ1) is 20.8. The van der Waals surface area contributed by atoms with Crippen molar-refractivity contribution in [3.63, 3.8) is 0 Å². The quantitative estimate of drug-likeness (QED) is 0.418. The highest BCUT2D eigenvalue weighted by molar-refractivity contribution is 6.30. The Bertz CT molecular complexity index is 1100. The molecular formula is C23H23ClN6O. The van der Waals surface area contributed by atoms with Gasteiger partial charge in [0.25, 0.3) is 0 Å². The molecule has 8 heteroatoms. The van der Waals surface area contributed by atoms with Crippen LogP contribution >= 0.6 is 11.6 Å². The topological polar surface area (TPSA) is 91.3 Å². The van der Waals surface area contributed by atoms with E-state index in [4.69, 9.17) is 16.6 Å². The van der Waals surface area contributed by atoms with Crippen LogP contribution in [-0.2, 0) is 12.8 Å². The Balaban J connectivity index is 1.54. The number of aromatic nitrogens is 2. The van der Waals surface area contributed by atoms with Gasteiger partial charge in [0.05, 0.1) is 6.04 Å². The third kappa shape index (κ3) is 5.58. The van der Waals surface area contributed by atoms with E-state index < -0.39 is 6.03 Å². The second kappa shape index (κ2) is 9.14. The summed E-state index contributed by atoms with van der Waals surface area (Å²) in [5.74, 6) is 0.678. The van der Waals surface area contributed by atoms with Gasteiger partial charge in [0.15, 0.2) is 0 Å². The number of carbonyl (C=O) groups is 1. The number of aliphatic imine (C=N–C) groups is 1. The minimum Gasteiger partial charge on any atom is -0.308 e. The number of aryl methyl sites for hydroxylation is 2. The Labute approximate surface area is 186 Å². The fourth-order valence-electron chi connectivity index (χ4n) is 3.63. The number of guanidine groups is 1. The number of urea groups is 1. The number of nitrogens with one attached hydrogen (secondary N) is 3. The first-order valence-electron chi connectivity index (χ1n) is 10.0. The van der Waals surface area contributed by atoms with Crippen LogP contribution in [0, 0.1) is 13.8 Å². The number of hydrogen-bond donors (Lipinski definition) is 3. The molecule has 3 N–H and O–H groups in total. The Kier molecular flexibility index (Phi) is 6.13. The molecule has 0 aliphatic heterocycles. The predicted octanol–water partition coefficient (Wildman–Crippen LogP) is 4.50. The molecule has 31 heavy (non-hydrogen) atoms. The largest absolute Gasteiger partial charge is 0.326 e. The molecule has 0 spiro atoms. The van der Waals surface area contributed by atoms with Crippen LogP contribution in [0.15, 0.2) is 59.6 Å². The second-order valence-corrected chi connectivity index (χ2v) is 7.93. The van der Waals surface area contributed by atoms with Crippen molar-refractivity contribution in [2.45, 2.75) is 32.7 Å². The normalized spacial score (nSPS) is 13.6. The lowest BCUT2D eigenvalue weighted by Gasteiger charge is -2.14. The lowest BCUT2D eigenvalue weighted by Crippen LogP contribution is -2.40. The van der Waals surface area contributed by atoms with E-state index in [2.05, 4.69) is 38.1 Å². The summed E-state index contributed by atoms with van der Waals surface area (Å²) >= 11 is 6.00. The van der Waals surface area contributed by atoms with Crippen LogP contribution in [0.4, 0.5) is 16.4 Å². The molecule has 7 nitrogen and oxygen atoms in total. The first-order valence-corrected chi connectivity index (χ1v) is 10.4. The van der Waals surface area contributed by atoms with Gasteiger partial charge in [-0.15, -0.1) is 0 Å². The van der Waals surface area contributed by atoms with Crippen molar-refractivity contribution in [3.8, 4) is 0 Å². The molecule has 4 rings (SSSR count). The number of rotatable bonds is 3. The fraction of sp³-hybridized carbons (Fsp3) is 0.217. The lowest BCUT2D eigenvalue weighted by atomic mass is 10.1. The van der Waals surface area contributed by atoms with Crippen molar-refractivity contribution in [3.05, 3.63) is 82.1 Å². The summed E-state index contributed by atoms with van der Waals surface area (Å²) in [6, 6.07) is 16.7. The van der Waals surface area contributed by atoms with E-state index >= 15 is 0 Å². The Hall–Kier alpha value is -3.45. The van der Waals surface area contributed by atoms with Gasteiger partial charge in [0, 0.05) is 22.1 Å². The highest BCUT2D eigenvalue weighted by atomic mass is 35.5. The van der Waals surface area contributed by atoms with Crippen LogP contribution in [0.5, 0.6) is 0 Å². The molecule has 0 atom stereocenters. The molecular weight excluding hydrogens is 412 g/mol. The summed E-state index contributed by atoms with van der Waals surface area (Å²) in [5.41, 5.74) is 4.79. The first-order chi connectivity index (χ1) is 14.9. The van der Waals surface area contributed by atoms with Gasteiger partial charge in [-0.1, -0.05) is 41.9 Å². The van der Waals surface area contributed by atoms with Crippen LogP contribution in [-0.4, -0.2) is 28.0 Å². The van der Waals surface area contributed by atoms with Gasteiger partial charge in [-0.3, -0.25) is 10.6 Å². The number of carbonyl (C=O) groups excluding carboxylic acids is 1. The van der Waals surface area contributed by atoms with E-state index in [9.17, 15) is 4.79 Å². The highest BCUT2D eigenvalue weighted by Gasteiger charge is 2.21. The van der Waals surface area contributed by atoms with Crippen LogP contribution < -0.4 is 16.0 Å². The number of fused-ring (bicyclic) bond motifs is 1. The summed E-state index contributed by atoms with van der Waals surface area (Å²) in [4.78, 5) is 26.2. The molecule has 1 aliphatic carbocycles. The Morgan fingerprint density at radius 2 is 1.65 bits per heavy atom. The third-order valence-corrected chi connectivity index (χ3v) is 5.10. The molecule has 1 heterocycles. The molecule has 1 aliphatic rings. The van der Waals surface area contributed by atoms with Gasteiger partial charge in [-0.05, 0) is 62.1 Å². The van der Waals surface area contributed by atoms with Crippen molar-refractivity contribution in [2.75, 3.05) is 10.6 Å². The standard InChI is InChI=1S/C23H23ClN6O/c1-14-10-15(2)26-21(25-14)29-22(27-20-11-16-6-3-4-7-17(16)12-20)30-23(31)28-19-9-5-8-18(24)13-19/h3-10,13,20H,11-12H2,1-2H3,(H3,25,26,27,28,29,30,31). The molecule has 0 unspecified atom stereocenters. The van der Waals surface area contributed by atoms with E-state index in [1.807, 2.05) is 32.0 Å². The number of benzene rings is 2. The summed E-state index contributed by atoms with van der Waals surface area (Å²) in [6.45, 7) is 3.78. The van der Waals surface area contributed by atoms with E-state index in [1.165, 1.54) is 11.1 Å². The Morgan fingerprint density at radius 3 is 2.29 bits per heavy atom. The molecule has 2 amide bonds. The van der Waals surface area contributed by atoms with Crippen LogP contribution in [0.25, 0.3) is 0 Å². The van der Waals surface area contributed by atoms with Crippen LogP contribution in [0.1, 0.15) is 22.5 Å². The number of nitrogens with zero attached hydrogens (tertiary/aromatic N) is 3. The predicted molar refractivity (Wildman–Crippen MR) is 124 cm³/mol. The smallest absolute Gasteiger partial charge is 0.308 e. The molecule has 0 radical (unpaired) electrons. The van der Waals surface area contributed by atoms with Crippen LogP contribution in [0.2, 0.25) is 5.02 Å². The zero-order chi connectivity index (χ0) is 21.8. The fourth-order valence-corrected chi connectivity index (χ4v) is 3.82. The zero-order valence-electron chi connectivity index (χ0n) is 17.3. The summed E-state index contributed by atoms with van der Waals surface area (Å²) in [7, 11) is 0. The molecule has 0 saturated carbocycles. The van der Waals surface area contributed by atoms with Gasteiger partial charge in [0.2, 0.25) is 11.9 Å².